The fourth-order valence-electron chi connectivity index (χ4n) is 6.09. The highest BCUT2D eigenvalue weighted by Gasteiger charge is 2.70. The number of ketones is 1. The SMILES string of the molecule is CC[C@@]12CCCN3CC[C@]4(C(=O)c5ccccc5N4C(=O)C1)[C@H]32. The van der Waals surface area contributed by atoms with Crippen LogP contribution in [-0.2, 0) is 4.79 Å². The molecule has 23 heavy (non-hydrogen) atoms. The van der Waals surface area contributed by atoms with E-state index in [1.165, 1.54) is 0 Å². The number of hydrogen-bond acceptors (Lipinski definition) is 3. The number of amides is 1. The van der Waals surface area contributed by atoms with Crippen molar-refractivity contribution in [2.45, 2.75) is 50.6 Å². The molecule has 0 unspecified atom stereocenters. The number of benzene rings is 1. The van der Waals surface area contributed by atoms with Gasteiger partial charge in [0.1, 0.15) is 5.54 Å². The average molecular weight is 310 g/mol. The standard InChI is InChI=1S/C19H22N2O2/c1-2-18-8-5-10-20-11-9-19(17(18)20)16(23)13-6-3-4-7-14(13)21(19)15(22)12-18/h3-4,6-7,17H,2,5,8-12H2,1H3/t17-,18-,19+/m1/s1. The lowest BCUT2D eigenvalue weighted by atomic mass is 9.60. The van der Waals surface area contributed by atoms with E-state index in [0.29, 0.717) is 6.42 Å². The molecular formula is C19H22N2O2. The van der Waals surface area contributed by atoms with Crippen molar-refractivity contribution in [2.75, 3.05) is 18.0 Å². The zero-order valence-electron chi connectivity index (χ0n) is 13.5. The first kappa shape index (κ1) is 13.7. The highest BCUT2D eigenvalue weighted by Crippen LogP contribution is 2.60. The van der Waals surface area contributed by atoms with Gasteiger partial charge in [-0.3, -0.25) is 19.4 Å². The van der Waals surface area contributed by atoms with Crippen molar-refractivity contribution >= 4 is 17.4 Å². The predicted octanol–water partition coefficient (Wildman–Crippen LogP) is 2.62. The Morgan fingerprint density at radius 3 is 2.83 bits per heavy atom. The van der Waals surface area contributed by atoms with Crippen molar-refractivity contribution in [3.63, 3.8) is 0 Å². The molecular weight excluding hydrogens is 288 g/mol. The zero-order valence-corrected chi connectivity index (χ0v) is 13.5. The van der Waals surface area contributed by atoms with Crippen molar-refractivity contribution < 1.29 is 9.59 Å². The lowest BCUT2D eigenvalue weighted by molar-refractivity contribution is -0.130. The van der Waals surface area contributed by atoms with E-state index in [1.807, 2.05) is 29.2 Å². The van der Waals surface area contributed by atoms with Crippen LogP contribution in [-0.4, -0.2) is 41.3 Å². The average Bonchev–Trinajstić information content (AvgIpc) is 3.08. The monoisotopic (exact) mass is 310 g/mol. The van der Waals surface area contributed by atoms with Crippen molar-refractivity contribution in [1.29, 1.82) is 0 Å². The molecule has 4 aliphatic rings. The minimum absolute atomic E-state index is 0.0139. The molecule has 4 heterocycles. The first-order valence-corrected chi connectivity index (χ1v) is 8.85. The number of para-hydroxylation sites is 1. The smallest absolute Gasteiger partial charge is 0.228 e. The molecule has 4 nitrogen and oxygen atoms in total. The van der Waals surface area contributed by atoms with E-state index < -0.39 is 5.54 Å². The number of carbonyl (C=O) groups excluding carboxylic acids is 2. The van der Waals surface area contributed by atoms with Crippen LogP contribution in [0.25, 0.3) is 0 Å². The topological polar surface area (TPSA) is 40.6 Å². The summed E-state index contributed by atoms with van der Waals surface area (Å²) in [6.45, 7) is 4.21. The van der Waals surface area contributed by atoms with E-state index in [4.69, 9.17) is 0 Å². The van der Waals surface area contributed by atoms with Crippen molar-refractivity contribution in [2.24, 2.45) is 5.41 Å². The Morgan fingerprint density at radius 1 is 1.17 bits per heavy atom. The second-order valence-electron chi connectivity index (χ2n) is 7.68. The summed E-state index contributed by atoms with van der Waals surface area (Å²) in [4.78, 5) is 31.0. The minimum atomic E-state index is -0.630. The summed E-state index contributed by atoms with van der Waals surface area (Å²) in [5.41, 5.74) is 0.954. The predicted molar refractivity (Wildman–Crippen MR) is 87.5 cm³/mol. The molecule has 3 fully saturated rings. The molecule has 4 aliphatic heterocycles. The van der Waals surface area contributed by atoms with Crippen LogP contribution in [0.15, 0.2) is 24.3 Å². The van der Waals surface area contributed by atoms with Gasteiger partial charge in [-0.05, 0) is 49.8 Å². The zero-order chi connectivity index (χ0) is 15.8. The Kier molecular flexibility index (Phi) is 2.53. The van der Waals surface area contributed by atoms with Crippen LogP contribution in [0.2, 0.25) is 0 Å². The minimum Gasteiger partial charge on any atom is -0.297 e. The molecule has 0 saturated carbocycles. The summed E-state index contributed by atoms with van der Waals surface area (Å²) in [5, 5.41) is 0. The van der Waals surface area contributed by atoms with Gasteiger partial charge >= 0.3 is 0 Å². The van der Waals surface area contributed by atoms with Gasteiger partial charge < -0.3 is 0 Å². The van der Waals surface area contributed by atoms with Crippen molar-refractivity contribution in [1.82, 2.24) is 4.90 Å². The van der Waals surface area contributed by atoms with E-state index in [0.717, 1.165) is 50.0 Å². The number of rotatable bonds is 1. The molecule has 0 N–H and O–H groups in total. The first-order valence-electron chi connectivity index (χ1n) is 8.85. The summed E-state index contributed by atoms with van der Waals surface area (Å²) in [6.07, 6.45) is 4.59. The molecule has 5 rings (SSSR count). The Balaban J connectivity index is 1.77. The van der Waals surface area contributed by atoms with Gasteiger partial charge in [-0.1, -0.05) is 19.1 Å². The molecule has 1 aromatic rings. The molecule has 0 aromatic heterocycles. The van der Waals surface area contributed by atoms with E-state index >= 15 is 0 Å². The summed E-state index contributed by atoms with van der Waals surface area (Å²) < 4.78 is 0. The third-order valence-corrected chi connectivity index (χ3v) is 6.94. The van der Waals surface area contributed by atoms with E-state index in [2.05, 4.69) is 11.8 Å². The molecule has 0 radical (unpaired) electrons. The number of hydrogen-bond donors (Lipinski definition) is 0. The summed E-state index contributed by atoms with van der Waals surface area (Å²) in [7, 11) is 0. The number of Topliss-reactive ketones (excluding diaryl/α,β-unsaturated/α-hetero) is 1. The van der Waals surface area contributed by atoms with Crippen LogP contribution in [0, 0.1) is 5.41 Å². The molecule has 4 heteroatoms. The van der Waals surface area contributed by atoms with Gasteiger partial charge in [-0.2, -0.15) is 0 Å². The van der Waals surface area contributed by atoms with Crippen molar-refractivity contribution in [3.05, 3.63) is 29.8 Å². The van der Waals surface area contributed by atoms with Crippen molar-refractivity contribution in [3.8, 4) is 0 Å². The molecule has 1 amide bonds. The molecule has 3 saturated heterocycles. The number of piperidine rings is 2. The Bertz CT molecular complexity index is 730. The van der Waals surface area contributed by atoms with E-state index in [-0.39, 0.29) is 23.1 Å². The molecule has 1 aromatic carbocycles. The summed E-state index contributed by atoms with van der Waals surface area (Å²) >= 11 is 0. The van der Waals surface area contributed by atoms with Gasteiger partial charge in [0, 0.05) is 24.6 Å². The molecule has 3 atom stereocenters. The normalized spacial score (nSPS) is 38.5. The van der Waals surface area contributed by atoms with Crippen LogP contribution >= 0.6 is 0 Å². The maximum Gasteiger partial charge on any atom is 0.228 e. The highest BCUT2D eigenvalue weighted by molar-refractivity contribution is 6.22. The third kappa shape index (κ3) is 1.38. The van der Waals surface area contributed by atoms with Gasteiger partial charge in [0.2, 0.25) is 5.91 Å². The summed E-state index contributed by atoms with van der Waals surface area (Å²) in [5.74, 6) is 0.346. The van der Waals surface area contributed by atoms with Crippen LogP contribution < -0.4 is 4.90 Å². The molecule has 0 aliphatic carbocycles. The first-order chi connectivity index (χ1) is 11.1. The van der Waals surface area contributed by atoms with E-state index in [9.17, 15) is 9.59 Å². The lowest BCUT2D eigenvalue weighted by Gasteiger charge is -2.57. The van der Waals surface area contributed by atoms with Crippen LogP contribution in [0.5, 0.6) is 0 Å². The maximum atomic E-state index is 13.4. The second-order valence-corrected chi connectivity index (χ2v) is 7.68. The number of anilines is 1. The third-order valence-electron chi connectivity index (χ3n) is 6.94. The van der Waals surface area contributed by atoms with Crippen LogP contribution in [0.4, 0.5) is 5.69 Å². The van der Waals surface area contributed by atoms with Gasteiger partial charge in [0.05, 0.1) is 5.69 Å². The molecule has 120 valence electrons. The van der Waals surface area contributed by atoms with E-state index in [1.54, 1.807) is 0 Å². The highest BCUT2D eigenvalue weighted by atomic mass is 16.2. The Morgan fingerprint density at radius 2 is 2.00 bits per heavy atom. The van der Waals surface area contributed by atoms with Gasteiger partial charge in [0.25, 0.3) is 0 Å². The molecule has 1 spiro atoms. The Labute approximate surface area is 136 Å². The van der Waals surface area contributed by atoms with Crippen LogP contribution in [0.1, 0.15) is 49.4 Å². The van der Waals surface area contributed by atoms with Gasteiger partial charge in [-0.25, -0.2) is 0 Å². The lowest BCUT2D eigenvalue weighted by Crippen LogP contribution is -2.71. The second kappa shape index (κ2) is 4.23. The van der Waals surface area contributed by atoms with Gasteiger partial charge in [0.15, 0.2) is 5.78 Å². The largest absolute Gasteiger partial charge is 0.297 e. The number of nitrogens with zero attached hydrogens (tertiary/aromatic N) is 2. The molecule has 0 bridgehead atoms. The summed E-state index contributed by atoms with van der Waals surface area (Å²) in [6, 6.07) is 7.90. The maximum absolute atomic E-state index is 13.4. The van der Waals surface area contributed by atoms with Gasteiger partial charge in [-0.15, -0.1) is 0 Å². The fourth-order valence-corrected chi connectivity index (χ4v) is 6.09. The number of carbonyl (C=O) groups is 2. The quantitative estimate of drug-likeness (QED) is 0.800. The fraction of sp³-hybridized carbons (Fsp3) is 0.579. The van der Waals surface area contributed by atoms with Crippen LogP contribution in [0.3, 0.4) is 0 Å². The number of fused-ring (bicyclic) bond motifs is 2. The Hall–Kier alpha value is -1.68.